The van der Waals surface area contributed by atoms with Crippen molar-refractivity contribution < 1.29 is 9.15 Å². The first-order valence-corrected chi connectivity index (χ1v) is 8.55. The number of ether oxygens (including phenoxy) is 1. The summed E-state index contributed by atoms with van der Waals surface area (Å²) < 4.78 is 11.9. The first-order chi connectivity index (χ1) is 10.1. The van der Waals surface area contributed by atoms with Crippen LogP contribution in [0.3, 0.4) is 0 Å². The summed E-state index contributed by atoms with van der Waals surface area (Å²) in [6.07, 6.45) is 2.54. The van der Waals surface area contributed by atoms with Crippen LogP contribution in [-0.2, 0) is 11.3 Å². The van der Waals surface area contributed by atoms with Crippen LogP contribution in [0.25, 0.3) is 0 Å². The summed E-state index contributed by atoms with van der Waals surface area (Å²) in [7, 11) is 4.07. The molecule has 1 unspecified atom stereocenters. The van der Waals surface area contributed by atoms with Crippen molar-refractivity contribution in [1.82, 2.24) is 9.80 Å². The molecule has 21 heavy (non-hydrogen) atoms. The average molecular weight is 357 g/mol. The van der Waals surface area contributed by atoms with E-state index in [2.05, 4.69) is 38.8 Å². The lowest BCUT2D eigenvalue weighted by molar-refractivity contribution is 0.0334. The number of furan rings is 1. The Hall–Kier alpha value is -0.360. The van der Waals surface area contributed by atoms with Crippen molar-refractivity contribution in [2.24, 2.45) is 11.3 Å². The van der Waals surface area contributed by atoms with Gasteiger partial charge >= 0.3 is 0 Å². The van der Waals surface area contributed by atoms with E-state index < -0.39 is 0 Å². The third kappa shape index (κ3) is 3.36. The highest BCUT2D eigenvalue weighted by Gasteiger charge is 2.46. The molecule has 0 amide bonds. The molecular weight excluding hydrogens is 332 g/mol. The highest BCUT2D eigenvalue weighted by Crippen LogP contribution is 2.44. The van der Waals surface area contributed by atoms with Gasteiger partial charge in [-0.3, -0.25) is 4.90 Å². The molecule has 2 aliphatic rings. The van der Waals surface area contributed by atoms with Crippen molar-refractivity contribution in [3.8, 4) is 0 Å². The van der Waals surface area contributed by atoms with Crippen LogP contribution in [0.2, 0.25) is 0 Å². The van der Waals surface area contributed by atoms with E-state index in [1.807, 2.05) is 13.2 Å². The number of methoxy groups -OCH3 is 1. The smallest absolute Gasteiger partial charge is 0.169 e. The molecule has 0 radical (unpaired) electrons. The van der Waals surface area contributed by atoms with Crippen LogP contribution in [0.1, 0.15) is 18.6 Å². The van der Waals surface area contributed by atoms with Crippen LogP contribution in [-0.4, -0.2) is 56.7 Å². The Labute approximate surface area is 135 Å². The second kappa shape index (κ2) is 6.41. The number of piperidine rings is 1. The second-order valence-corrected chi connectivity index (χ2v) is 7.47. The molecule has 3 rings (SSSR count). The maximum Gasteiger partial charge on any atom is 0.169 e. The molecule has 1 spiro atoms. The maximum atomic E-state index is 5.63. The van der Waals surface area contributed by atoms with E-state index in [9.17, 15) is 0 Å². The van der Waals surface area contributed by atoms with E-state index >= 15 is 0 Å². The van der Waals surface area contributed by atoms with Gasteiger partial charge in [0.25, 0.3) is 0 Å². The Morgan fingerprint density at radius 1 is 1.38 bits per heavy atom. The zero-order valence-electron chi connectivity index (χ0n) is 13.0. The van der Waals surface area contributed by atoms with Crippen LogP contribution >= 0.6 is 15.9 Å². The van der Waals surface area contributed by atoms with Gasteiger partial charge in [0, 0.05) is 26.1 Å². The molecule has 1 atom stereocenters. The van der Waals surface area contributed by atoms with Gasteiger partial charge in [-0.05, 0) is 66.5 Å². The number of halogens is 1. The summed E-state index contributed by atoms with van der Waals surface area (Å²) in [5, 5.41) is 0. The Bertz CT molecular complexity index is 469. The minimum absolute atomic E-state index is 0.463. The Balaban J connectivity index is 1.58. The SMILES string of the molecule is COCC1CN(C)CC12CCN(Cc1ccc(Br)o1)CC2. The standard InChI is InChI=1S/C16H25BrN2O2/c1-18-9-13(11-20-2)16(12-18)5-7-19(8-6-16)10-14-3-4-15(17)21-14/h3-4,13H,5-12H2,1-2H3. The molecule has 0 N–H and O–H groups in total. The fourth-order valence-electron chi connectivity index (χ4n) is 4.11. The van der Waals surface area contributed by atoms with Crippen molar-refractivity contribution >= 4 is 15.9 Å². The lowest BCUT2D eigenvalue weighted by Gasteiger charge is -2.42. The second-order valence-electron chi connectivity index (χ2n) is 6.69. The summed E-state index contributed by atoms with van der Waals surface area (Å²) in [5.74, 6) is 1.74. The molecule has 5 heteroatoms. The molecule has 4 nitrogen and oxygen atoms in total. The summed E-state index contributed by atoms with van der Waals surface area (Å²) in [4.78, 5) is 4.99. The first kappa shape index (κ1) is 15.5. The van der Waals surface area contributed by atoms with E-state index in [-0.39, 0.29) is 0 Å². The van der Waals surface area contributed by atoms with Gasteiger partial charge < -0.3 is 14.1 Å². The largest absolute Gasteiger partial charge is 0.453 e. The number of likely N-dealkylation sites (tertiary alicyclic amines) is 2. The van der Waals surface area contributed by atoms with Gasteiger partial charge in [-0.15, -0.1) is 0 Å². The summed E-state index contributed by atoms with van der Waals surface area (Å²) in [6, 6.07) is 4.03. The summed E-state index contributed by atoms with van der Waals surface area (Å²) >= 11 is 3.37. The van der Waals surface area contributed by atoms with Crippen molar-refractivity contribution in [3.63, 3.8) is 0 Å². The lowest BCUT2D eigenvalue weighted by Crippen LogP contribution is -2.44. The van der Waals surface area contributed by atoms with Crippen molar-refractivity contribution in [3.05, 3.63) is 22.6 Å². The van der Waals surface area contributed by atoms with Gasteiger partial charge in [0.15, 0.2) is 4.67 Å². The molecule has 1 aromatic rings. The van der Waals surface area contributed by atoms with Crippen molar-refractivity contribution in [2.45, 2.75) is 19.4 Å². The van der Waals surface area contributed by atoms with Gasteiger partial charge in [-0.25, -0.2) is 0 Å². The number of rotatable bonds is 4. The van der Waals surface area contributed by atoms with Crippen LogP contribution in [0.5, 0.6) is 0 Å². The topological polar surface area (TPSA) is 28.9 Å². The number of nitrogens with zero attached hydrogens (tertiary/aromatic N) is 2. The first-order valence-electron chi connectivity index (χ1n) is 7.75. The van der Waals surface area contributed by atoms with Gasteiger partial charge in [0.2, 0.25) is 0 Å². The minimum atomic E-state index is 0.463. The lowest BCUT2D eigenvalue weighted by atomic mass is 9.71. The number of hydrogen-bond donors (Lipinski definition) is 0. The Morgan fingerprint density at radius 3 is 2.76 bits per heavy atom. The van der Waals surface area contributed by atoms with E-state index in [1.54, 1.807) is 0 Å². The fourth-order valence-corrected chi connectivity index (χ4v) is 4.45. The zero-order chi connectivity index (χ0) is 14.9. The maximum absolute atomic E-state index is 5.63. The van der Waals surface area contributed by atoms with Gasteiger partial charge in [-0.2, -0.15) is 0 Å². The van der Waals surface area contributed by atoms with E-state index in [4.69, 9.17) is 9.15 Å². The molecule has 118 valence electrons. The van der Waals surface area contributed by atoms with Crippen LogP contribution in [0.15, 0.2) is 21.2 Å². The Kier molecular flexibility index (Phi) is 4.74. The fraction of sp³-hybridized carbons (Fsp3) is 0.750. The van der Waals surface area contributed by atoms with Crippen LogP contribution in [0, 0.1) is 11.3 Å². The molecule has 3 heterocycles. The summed E-state index contributed by atoms with van der Waals surface area (Å²) in [6.45, 7) is 6.54. The molecule has 0 aliphatic carbocycles. The highest BCUT2D eigenvalue weighted by molar-refractivity contribution is 9.10. The van der Waals surface area contributed by atoms with Crippen LogP contribution < -0.4 is 0 Å². The van der Waals surface area contributed by atoms with E-state index in [0.717, 1.165) is 36.7 Å². The molecule has 2 aliphatic heterocycles. The average Bonchev–Trinajstić information content (AvgIpc) is 2.98. The van der Waals surface area contributed by atoms with Gasteiger partial charge in [0.05, 0.1) is 13.2 Å². The quantitative estimate of drug-likeness (QED) is 0.829. The van der Waals surface area contributed by atoms with E-state index in [0.29, 0.717) is 11.3 Å². The number of hydrogen-bond acceptors (Lipinski definition) is 4. The third-order valence-corrected chi connectivity index (χ3v) is 5.64. The summed E-state index contributed by atoms with van der Waals surface area (Å²) in [5.41, 5.74) is 0.463. The zero-order valence-corrected chi connectivity index (χ0v) is 14.6. The van der Waals surface area contributed by atoms with Gasteiger partial charge in [0.1, 0.15) is 5.76 Å². The van der Waals surface area contributed by atoms with E-state index in [1.165, 1.54) is 25.9 Å². The molecule has 2 saturated heterocycles. The predicted octanol–water partition coefficient (Wildman–Crippen LogP) is 2.83. The van der Waals surface area contributed by atoms with Gasteiger partial charge in [-0.1, -0.05) is 0 Å². The molecule has 2 fully saturated rings. The monoisotopic (exact) mass is 356 g/mol. The molecule has 0 aromatic carbocycles. The molecule has 0 saturated carbocycles. The highest BCUT2D eigenvalue weighted by atomic mass is 79.9. The van der Waals surface area contributed by atoms with Crippen LogP contribution in [0.4, 0.5) is 0 Å². The third-order valence-electron chi connectivity index (χ3n) is 5.21. The molecule has 0 bridgehead atoms. The predicted molar refractivity (Wildman–Crippen MR) is 86.2 cm³/mol. The van der Waals surface area contributed by atoms with Crippen molar-refractivity contribution in [2.75, 3.05) is 46.9 Å². The van der Waals surface area contributed by atoms with Crippen molar-refractivity contribution in [1.29, 1.82) is 0 Å². The minimum Gasteiger partial charge on any atom is -0.453 e. The molecule has 1 aromatic heterocycles. The Morgan fingerprint density at radius 2 is 2.14 bits per heavy atom. The normalized spacial score (nSPS) is 26.7. The molecular formula is C16H25BrN2O2.